The highest BCUT2D eigenvalue weighted by Gasteiger charge is 2.25. The number of rotatable bonds is 8. The molecule has 5 nitrogen and oxygen atoms in total. The third kappa shape index (κ3) is 6.39. The van der Waals surface area contributed by atoms with Gasteiger partial charge in [-0.25, -0.2) is 0 Å². The lowest BCUT2D eigenvalue weighted by Crippen LogP contribution is -2.35. The van der Waals surface area contributed by atoms with Gasteiger partial charge < -0.3 is 14.6 Å². The molecule has 5 heteroatoms. The summed E-state index contributed by atoms with van der Waals surface area (Å²) in [7, 11) is 0. The van der Waals surface area contributed by atoms with Crippen LogP contribution in [0, 0.1) is 0 Å². The molecule has 2 aromatic carbocycles. The van der Waals surface area contributed by atoms with Crippen LogP contribution in [0.2, 0.25) is 0 Å². The van der Waals surface area contributed by atoms with Gasteiger partial charge in [-0.1, -0.05) is 42.5 Å². The van der Waals surface area contributed by atoms with E-state index >= 15 is 0 Å². The number of aliphatic imine (C=N–C) groups is 1. The number of benzene rings is 2. The van der Waals surface area contributed by atoms with Crippen molar-refractivity contribution in [1.29, 1.82) is 0 Å². The van der Waals surface area contributed by atoms with Crippen LogP contribution in [0.5, 0.6) is 5.75 Å². The first kappa shape index (κ1) is 18.7. The fraction of sp³-hybridized carbons (Fsp3) is 0.300. The third-order valence-corrected chi connectivity index (χ3v) is 3.56. The van der Waals surface area contributed by atoms with Crippen molar-refractivity contribution < 1.29 is 19.4 Å². The molecule has 1 N–H and O–H groups in total. The molecule has 0 aromatic heterocycles. The van der Waals surface area contributed by atoms with Gasteiger partial charge in [0, 0.05) is 18.7 Å². The maximum Gasteiger partial charge on any atom is 0.302 e. The maximum atomic E-state index is 11.2. The van der Waals surface area contributed by atoms with Crippen molar-refractivity contribution in [2.75, 3.05) is 13.2 Å². The van der Waals surface area contributed by atoms with Crippen molar-refractivity contribution in [3.8, 4) is 5.75 Å². The lowest BCUT2D eigenvalue weighted by atomic mass is 10.1. The summed E-state index contributed by atoms with van der Waals surface area (Å²) in [6, 6.07) is 16.7. The van der Waals surface area contributed by atoms with Crippen molar-refractivity contribution in [2.24, 2.45) is 4.99 Å². The Bertz CT molecular complexity index is 715. The lowest BCUT2D eigenvalue weighted by Gasteiger charge is -2.24. The fourth-order valence-corrected chi connectivity index (χ4v) is 2.16. The van der Waals surface area contributed by atoms with E-state index in [4.69, 9.17) is 9.47 Å². The number of phenolic OH excluding ortho intramolecular Hbond substituents is 1. The van der Waals surface area contributed by atoms with Crippen molar-refractivity contribution in [3.05, 3.63) is 65.7 Å². The molecule has 0 bridgehead atoms. The summed E-state index contributed by atoms with van der Waals surface area (Å²) in [6.07, 6.45) is 1.57. The fourth-order valence-electron chi connectivity index (χ4n) is 2.16. The molecule has 1 unspecified atom stereocenters. The summed E-state index contributed by atoms with van der Waals surface area (Å²) in [4.78, 5) is 15.7. The van der Waals surface area contributed by atoms with Gasteiger partial charge in [0.05, 0.1) is 13.2 Å². The molecule has 0 fully saturated rings. The SMILES string of the molecule is CC(=O)OCC(C)(COCc1ccccc1)/N=C/c1ccccc1O. The summed E-state index contributed by atoms with van der Waals surface area (Å²) in [5.41, 5.74) is 0.907. The van der Waals surface area contributed by atoms with E-state index in [-0.39, 0.29) is 24.9 Å². The largest absolute Gasteiger partial charge is 0.507 e. The van der Waals surface area contributed by atoms with E-state index in [1.165, 1.54) is 6.92 Å². The lowest BCUT2D eigenvalue weighted by molar-refractivity contribution is -0.143. The highest BCUT2D eigenvalue weighted by atomic mass is 16.5. The van der Waals surface area contributed by atoms with Gasteiger partial charge in [-0.3, -0.25) is 9.79 Å². The minimum Gasteiger partial charge on any atom is -0.507 e. The van der Waals surface area contributed by atoms with E-state index < -0.39 is 5.54 Å². The second kappa shape index (κ2) is 8.99. The van der Waals surface area contributed by atoms with E-state index in [1.807, 2.05) is 43.3 Å². The quantitative estimate of drug-likeness (QED) is 0.590. The van der Waals surface area contributed by atoms with Crippen molar-refractivity contribution in [1.82, 2.24) is 0 Å². The first-order chi connectivity index (χ1) is 12.0. The van der Waals surface area contributed by atoms with Crippen LogP contribution >= 0.6 is 0 Å². The minimum atomic E-state index is -0.747. The number of nitrogens with zero attached hydrogens (tertiary/aromatic N) is 1. The number of phenols is 1. The Labute approximate surface area is 147 Å². The molecule has 0 aliphatic carbocycles. The highest BCUT2D eigenvalue weighted by molar-refractivity contribution is 5.83. The number of carbonyl (C=O) groups is 1. The molecule has 2 aromatic rings. The zero-order valence-corrected chi connectivity index (χ0v) is 14.5. The van der Waals surface area contributed by atoms with Gasteiger partial charge in [0.2, 0.25) is 0 Å². The normalized spacial score (nSPS) is 13.5. The monoisotopic (exact) mass is 341 g/mol. The van der Waals surface area contributed by atoms with E-state index in [9.17, 15) is 9.90 Å². The summed E-state index contributed by atoms with van der Waals surface area (Å²) < 4.78 is 10.9. The van der Waals surface area contributed by atoms with Gasteiger partial charge in [-0.15, -0.1) is 0 Å². The van der Waals surface area contributed by atoms with Crippen LogP contribution in [0.3, 0.4) is 0 Å². The van der Waals surface area contributed by atoms with Crippen LogP contribution in [0.1, 0.15) is 25.0 Å². The van der Waals surface area contributed by atoms with Crippen LogP contribution in [0.25, 0.3) is 0 Å². The number of ether oxygens (including phenoxy) is 2. The van der Waals surface area contributed by atoms with Gasteiger partial charge in [0.25, 0.3) is 0 Å². The molecule has 0 saturated carbocycles. The molecule has 0 heterocycles. The molecule has 132 valence electrons. The predicted molar refractivity (Wildman–Crippen MR) is 96.8 cm³/mol. The average Bonchev–Trinajstić information content (AvgIpc) is 2.60. The molecule has 2 rings (SSSR count). The molecule has 0 radical (unpaired) electrons. The van der Waals surface area contributed by atoms with Gasteiger partial charge in [0.15, 0.2) is 0 Å². The number of para-hydroxylation sites is 1. The maximum absolute atomic E-state index is 11.2. The molecule has 0 saturated heterocycles. The zero-order valence-electron chi connectivity index (χ0n) is 14.5. The van der Waals surface area contributed by atoms with E-state index in [1.54, 1.807) is 24.4 Å². The Morgan fingerprint density at radius 2 is 1.80 bits per heavy atom. The molecule has 0 aliphatic heterocycles. The Morgan fingerprint density at radius 3 is 2.48 bits per heavy atom. The minimum absolute atomic E-state index is 0.0984. The van der Waals surface area contributed by atoms with Gasteiger partial charge in [-0.2, -0.15) is 0 Å². The number of hydrogen-bond acceptors (Lipinski definition) is 5. The molecule has 25 heavy (non-hydrogen) atoms. The van der Waals surface area contributed by atoms with E-state index in [2.05, 4.69) is 4.99 Å². The predicted octanol–water partition coefficient (Wildman–Crippen LogP) is 3.35. The summed E-state index contributed by atoms with van der Waals surface area (Å²) in [5.74, 6) is -0.224. The molecule has 0 amide bonds. The van der Waals surface area contributed by atoms with Crippen molar-refractivity contribution in [3.63, 3.8) is 0 Å². The topological polar surface area (TPSA) is 68.1 Å². The van der Waals surface area contributed by atoms with Crippen molar-refractivity contribution >= 4 is 12.2 Å². The molecular weight excluding hydrogens is 318 g/mol. The Balaban J connectivity index is 2.04. The van der Waals surface area contributed by atoms with Gasteiger partial charge in [-0.05, 0) is 24.6 Å². The number of hydrogen-bond donors (Lipinski definition) is 1. The molecule has 0 aliphatic rings. The van der Waals surface area contributed by atoms with Crippen LogP contribution in [0.4, 0.5) is 0 Å². The number of esters is 1. The van der Waals surface area contributed by atoms with Gasteiger partial charge >= 0.3 is 5.97 Å². The van der Waals surface area contributed by atoms with Crippen LogP contribution < -0.4 is 0 Å². The number of carbonyl (C=O) groups excluding carboxylic acids is 1. The zero-order chi connectivity index (χ0) is 18.1. The Morgan fingerprint density at radius 1 is 1.12 bits per heavy atom. The molecule has 0 spiro atoms. The van der Waals surface area contributed by atoms with Crippen LogP contribution in [-0.2, 0) is 20.9 Å². The van der Waals surface area contributed by atoms with Crippen LogP contribution in [0.15, 0.2) is 59.6 Å². The highest BCUT2D eigenvalue weighted by Crippen LogP contribution is 2.17. The summed E-state index contributed by atoms with van der Waals surface area (Å²) in [5, 5.41) is 9.84. The Kier molecular flexibility index (Phi) is 6.71. The van der Waals surface area contributed by atoms with E-state index in [0.29, 0.717) is 12.2 Å². The molecular formula is C20H23NO4. The first-order valence-electron chi connectivity index (χ1n) is 8.07. The van der Waals surface area contributed by atoms with Crippen LogP contribution in [-0.4, -0.2) is 36.0 Å². The first-order valence-corrected chi connectivity index (χ1v) is 8.07. The third-order valence-electron chi connectivity index (χ3n) is 3.56. The van der Waals surface area contributed by atoms with Gasteiger partial charge in [0.1, 0.15) is 17.9 Å². The summed E-state index contributed by atoms with van der Waals surface area (Å²) in [6.45, 7) is 4.03. The smallest absolute Gasteiger partial charge is 0.302 e. The number of aromatic hydroxyl groups is 1. The standard InChI is InChI=1S/C20H23NO4/c1-16(22)25-15-20(2,14-24-13-17-8-4-3-5-9-17)21-12-18-10-6-7-11-19(18)23/h3-12,23H,13-15H2,1-2H3/b21-12+. The molecule has 1 atom stereocenters. The summed E-state index contributed by atoms with van der Waals surface area (Å²) >= 11 is 0. The Hall–Kier alpha value is -2.66. The van der Waals surface area contributed by atoms with E-state index in [0.717, 1.165) is 5.56 Å². The average molecular weight is 341 g/mol. The second-order valence-corrected chi connectivity index (χ2v) is 6.07. The second-order valence-electron chi connectivity index (χ2n) is 6.07. The van der Waals surface area contributed by atoms with Crippen molar-refractivity contribution in [2.45, 2.75) is 26.0 Å².